The van der Waals surface area contributed by atoms with Crippen molar-refractivity contribution in [3.8, 4) is 6.07 Å². The molecule has 0 radical (unpaired) electrons. The number of carbonyl (C=O) groups excluding carboxylic acids is 2. The van der Waals surface area contributed by atoms with Gasteiger partial charge >= 0.3 is 0 Å². The van der Waals surface area contributed by atoms with Gasteiger partial charge in [-0.25, -0.2) is 0 Å². The third-order valence-electron chi connectivity index (χ3n) is 4.98. The maximum Gasteiger partial charge on any atom is 0.245 e. The van der Waals surface area contributed by atoms with Crippen molar-refractivity contribution in [1.82, 2.24) is 10.3 Å². The number of benzene rings is 1. The van der Waals surface area contributed by atoms with E-state index in [4.69, 9.17) is 0 Å². The number of nitrogens with one attached hydrogen (secondary N) is 2. The second-order valence-electron chi connectivity index (χ2n) is 6.73. The Bertz CT molecular complexity index is 797. The molecule has 5 nitrogen and oxygen atoms in total. The summed E-state index contributed by atoms with van der Waals surface area (Å²) in [6.07, 6.45) is 7.86. The molecule has 25 heavy (non-hydrogen) atoms. The van der Waals surface area contributed by atoms with Crippen LogP contribution in [0.5, 0.6) is 0 Å². The monoisotopic (exact) mass is 337 g/mol. The summed E-state index contributed by atoms with van der Waals surface area (Å²) < 4.78 is 0. The van der Waals surface area contributed by atoms with Gasteiger partial charge in [-0.3, -0.25) is 9.59 Å². The van der Waals surface area contributed by atoms with Crippen LogP contribution in [0.25, 0.3) is 10.9 Å². The Kier molecular flexibility index (Phi) is 5.49. The van der Waals surface area contributed by atoms with Crippen LogP contribution in [0.1, 0.15) is 44.1 Å². The molecule has 1 aromatic carbocycles. The quantitative estimate of drug-likeness (QED) is 0.793. The molecule has 3 rings (SSSR count). The van der Waals surface area contributed by atoms with Crippen molar-refractivity contribution in [2.24, 2.45) is 5.92 Å². The molecule has 1 fully saturated rings. The minimum absolute atomic E-state index is 0.110. The highest BCUT2D eigenvalue weighted by Gasteiger charge is 2.28. The van der Waals surface area contributed by atoms with Crippen molar-refractivity contribution in [1.29, 1.82) is 5.26 Å². The number of carbonyl (C=O) groups is 2. The molecule has 1 atom stereocenters. The summed E-state index contributed by atoms with van der Waals surface area (Å²) in [6, 6.07) is 9.89. The number of aromatic amines is 1. The maximum absolute atomic E-state index is 12.4. The predicted molar refractivity (Wildman–Crippen MR) is 95.7 cm³/mol. The highest BCUT2D eigenvalue weighted by atomic mass is 16.2. The molecule has 0 aliphatic heterocycles. The number of hydrogen-bond acceptors (Lipinski definition) is 3. The lowest BCUT2D eigenvalue weighted by Gasteiger charge is -2.23. The van der Waals surface area contributed by atoms with Gasteiger partial charge in [-0.05, 0) is 30.9 Å². The molecular weight excluding hydrogens is 314 g/mol. The first-order chi connectivity index (χ1) is 12.2. The Labute approximate surface area is 147 Å². The van der Waals surface area contributed by atoms with Gasteiger partial charge in [-0.1, -0.05) is 37.5 Å². The number of aromatic nitrogens is 1. The summed E-state index contributed by atoms with van der Waals surface area (Å²) in [4.78, 5) is 27.9. The van der Waals surface area contributed by atoms with E-state index in [0.717, 1.165) is 42.1 Å². The summed E-state index contributed by atoms with van der Waals surface area (Å²) in [5.74, 6) is -1.94. The predicted octanol–water partition coefficient (Wildman–Crippen LogP) is 3.26. The van der Waals surface area contributed by atoms with E-state index in [2.05, 4.69) is 10.3 Å². The van der Waals surface area contributed by atoms with Gasteiger partial charge in [0.25, 0.3) is 0 Å². The van der Waals surface area contributed by atoms with E-state index in [1.165, 1.54) is 6.42 Å². The summed E-state index contributed by atoms with van der Waals surface area (Å²) >= 11 is 0. The van der Waals surface area contributed by atoms with Crippen LogP contribution in [-0.4, -0.2) is 22.7 Å². The average molecular weight is 337 g/mol. The van der Waals surface area contributed by atoms with E-state index < -0.39 is 11.8 Å². The lowest BCUT2D eigenvalue weighted by Crippen LogP contribution is -2.42. The van der Waals surface area contributed by atoms with E-state index >= 15 is 0 Å². The number of rotatable bonds is 6. The van der Waals surface area contributed by atoms with Gasteiger partial charge in [0, 0.05) is 29.6 Å². The lowest BCUT2D eigenvalue weighted by molar-refractivity contribution is -0.132. The molecule has 1 heterocycles. The molecule has 1 amide bonds. The third-order valence-corrected chi connectivity index (χ3v) is 4.98. The lowest BCUT2D eigenvalue weighted by atomic mass is 9.93. The molecular formula is C20H23N3O2. The zero-order valence-electron chi connectivity index (χ0n) is 14.3. The molecule has 2 N–H and O–H groups in total. The van der Waals surface area contributed by atoms with Crippen LogP contribution >= 0.6 is 0 Å². The smallest absolute Gasteiger partial charge is 0.245 e. The molecule has 1 aromatic heterocycles. The number of amides is 1. The number of fused-ring (bicyclic) bond motifs is 1. The van der Waals surface area contributed by atoms with Crippen LogP contribution in [0.2, 0.25) is 0 Å². The summed E-state index contributed by atoms with van der Waals surface area (Å²) in [7, 11) is 0. The topological polar surface area (TPSA) is 85.8 Å². The van der Waals surface area contributed by atoms with Crippen LogP contribution in [0.3, 0.4) is 0 Å². The number of ketones is 1. The fourth-order valence-corrected chi connectivity index (χ4v) is 3.55. The number of nitriles is 1. The van der Waals surface area contributed by atoms with Gasteiger partial charge in [-0.2, -0.15) is 5.26 Å². The zero-order valence-corrected chi connectivity index (χ0v) is 14.3. The number of hydrogen-bond donors (Lipinski definition) is 2. The van der Waals surface area contributed by atoms with Crippen molar-refractivity contribution in [2.75, 3.05) is 0 Å². The Morgan fingerprint density at radius 2 is 2.00 bits per heavy atom. The fraction of sp³-hybridized carbons (Fsp3) is 0.450. The maximum atomic E-state index is 12.4. The standard InChI is InChI=1S/C20H23N3O2/c21-12-17(20(25)23-15-6-2-1-3-7-15)19(24)11-10-14-13-22-18-9-5-4-8-16(14)18/h4-5,8-9,13,15,17,22H,1-3,6-7,10-11H2,(H,23,25)/t17-/m1/s1. The molecule has 1 saturated carbocycles. The first-order valence-corrected chi connectivity index (χ1v) is 8.96. The molecule has 0 unspecified atom stereocenters. The first kappa shape index (κ1) is 17.2. The Hall–Kier alpha value is -2.61. The molecule has 1 aliphatic rings. The minimum atomic E-state index is -1.20. The SMILES string of the molecule is N#C[C@H](C(=O)CCc1c[nH]c2ccccc12)C(=O)NC1CCCCC1. The molecule has 130 valence electrons. The van der Waals surface area contributed by atoms with Crippen LogP contribution in [-0.2, 0) is 16.0 Å². The van der Waals surface area contributed by atoms with Crippen molar-refractivity contribution in [3.63, 3.8) is 0 Å². The highest BCUT2D eigenvalue weighted by molar-refractivity contribution is 6.04. The van der Waals surface area contributed by atoms with Crippen LogP contribution < -0.4 is 5.32 Å². The number of Topliss-reactive ketones (excluding diaryl/α,β-unsaturated/α-hetero) is 1. The van der Waals surface area contributed by atoms with Crippen molar-refractivity contribution in [3.05, 3.63) is 36.0 Å². The number of para-hydroxylation sites is 1. The second kappa shape index (κ2) is 7.98. The van der Waals surface area contributed by atoms with E-state index in [0.29, 0.717) is 6.42 Å². The number of aryl methyl sites for hydroxylation is 1. The number of nitrogens with zero attached hydrogens (tertiary/aromatic N) is 1. The zero-order chi connectivity index (χ0) is 17.6. The Morgan fingerprint density at radius 3 is 2.76 bits per heavy atom. The van der Waals surface area contributed by atoms with Gasteiger partial charge in [0.15, 0.2) is 11.7 Å². The molecule has 5 heteroatoms. The van der Waals surface area contributed by atoms with E-state index in [1.54, 1.807) is 0 Å². The van der Waals surface area contributed by atoms with Gasteiger partial charge in [0.2, 0.25) is 5.91 Å². The summed E-state index contributed by atoms with van der Waals surface area (Å²) in [6.45, 7) is 0. The number of H-pyrrole nitrogens is 1. The van der Waals surface area contributed by atoms with Crippen LogP contribution in [0, 0.1) is 17.2 Å². The molecule has 2 aromatic rings. The Morgan fingerprint density at radius 1 is 1.24 bits per heavy atom. The van der Waals surface area contributed by atoms with E-state index in [-0.39, 0.29) is 18.2 Å². The van der Waals surface area contributed by atoms with E-state index in [9.17, 15) is 14.9 Å². The van der Waals surface area contributed by atoms with Gasteiger partial charge < -0.3 is 10.3 Å². The van der Waals surface area contributed by atoms with Crippen molar-refractivity contribution < 1.29 is 9.59 Å². The highest BCUT2D eigenvalue weighted by Crippen LogP contribution is 2.20. The van der Waals surface area contributed by atoms with E-state index in [1.807, 2.05) is 36.5 Å². The fourth-order valence-electron chi connectivity index (χ4n) is 3.55. The largest absolute Gasteiger partial charge is 0.361 e. The van der Waals surface area contributed by atoms with Crippen LogP contribution in [0.4, 0.5) is 0 Å². The molecule has 0 bridgehead atoms. The van der Waals surface area contributed by atoms with Crippen LogP contribution in [0.15, 0.2) is 30.5 Å². The Balaban J connectivity index is 1.58. The van der Waals surface area contributed by atoms with Gasteiger partial charge in [-0.15, -0.1) is 0 Å². The molecule has 0 saturated heterocycles. The molecule has 1 aliphatic carbocycles. The normalized spacial score (nSPS) is 16.3. The van der Waals surface area contributed by atoms with Gasteiger partial charge in [0.05, 0.1) is 6.07 Å². The third kappa shape index (κ3) is 4.08. The second-order valence-corrected chi connectivity index (χ2v) is 6.73. The minimum Gasteiger partial charge on any atom is -0.361 e. The van der Waals surface area contributed by atoms with Crippen molar-refractivity contribution >= 4 is 22.6 Å². The van der Waals surface area contributed by atoms with Gasteiger partial charge in [0.1, 0.15) is 0 Å². The molecule has 0 spiro atoms. The summed E-state index contributed by atoms with van der Waals surface area (Å²) in [5.41, 5.74) is 2.06. The first-order valence-electron chi connectivity index (χ1n) is 8.96. The summed E-state index contributed by atoms with van der Waals surface area (Å²) in [5, 5.41) is 13.3. The van der Waals surface area contributed by atoms with Crippen molar-refractivity contribution in [2.45, 2.75) is 51.0 Å². The average Bonchev–Trinajstić information content (AvgIpc) is 3.04.